The summed E-state index contributed by atoms with van der Waals surface area (Å²) in [6.45, 7) is 0. The summed E-state index contributed by atoms with van der Waals surface area (Å²) in [6.07, 6.45) is 0. The SMILES string of the molecule is NC(=O)c1ccccc1NC(=S)NC(=O)c1ccccc1F. The number of hydrogen-bond donors (Lipinski definition) is 3. The number of halogens is 1. The quantitative estimate of drug-likeness (QED) is 0.757. The van der Waals surface area contributed by atoms with Crippen molar-refractivity contribution in [1.82, 2.24) is 5.32 Å². The number of benzene rings is 2. The molecular formula is C15H12FN3O2S. The molecule has 0 aliphatic carbocycles. The number of hydrogen-bond acceptors (Lipinski definition) is 3. The van der Waals surface area contributed by atoms with Gasteiger partial charge in [0.15, 0.2) is 5.11 Å². The molecule has 5 nitrogen and oxygen atoms in total. The highest BCUT2D eigenvalue weighted by Gasteiger charge is 2.13. The Labute approximate surface area is 131 Å². The number of primary amides is 1. The van der Waals surface area contributed by atoms with Crippen LogP contribution in [0.2, 0.25) is 0 Å². The van der Waals surface area contributed by atoms with E-state index in [2.05, 4.69) is 10.6 Å². The average molecular weight is 317 g/mol. The Bertz CT molecular complexity index is 749. The maximum Gasteiger partial charge on any atom is 0.260 e. The first-order chi connectivity index (χ1) is 10.5. The molecule has 0 aliphatic heterocycles. The van der Waals surface area contributed by atoms with Crippen molar-refractivity contribution >= 4 is 34.8 Å². The number of amides is 2. The van der Waals surface area contributed by atoms with E-state index in [0.717, 1.165) is 0 Å². The molecule has 0 fully saturated rings. The summed E-state index contributed by atoms with van der Waals surface area (Å²) < 4.78 is 13.5. The van der Waals surface area contributed by atoms with Gasteiger partial charge in [-0.3, -0.25) is 14.9 Å². The van der Waals surface area contributed by atoms with Gasteiger partial charge in [0.25, 0.3) is 11.8 Å². The second-order valence-electron chi connectivity index (χ2n) is 4.30. The van der Waals surface area contributed by atoms with Crippen LogP contribution in [0.4, 0.5) is 10.1 Å². The van der Waals surface area contributed by atoms with Crippen molar-refractivity contribution in [3.8, 4) is 0 Å². The van der Waals surface area contributed by atoms with Gasteiger partial charge < -0.3 is 11.1 Å². The summed E-state index contributed by atoms with van der Waals surface area (Å²) in [7, 11) is 0. The standard InChI is InChI=1S/C15H12FN3O2S/c16-11-7-3-1-5-9(11)14(21)19-15(22)18-12-8-4-2-6-10(12)13(17)20/h1-8H,(H2,17,20)(H2,18,19,21,22). The van der Waals surface area contributed by atoms with E-state index in [-0.39, 0.29) is 16.2 Å². The third-order valence-corrected chi connectivity index (χ3v) is 2.99. The molecule has 0 spiro atoms. The van der Waals surface area contributed by atoms with E-state index in [9.17, 15) is 14.0 Å². The Morgan fingerprint density at radius 2 is 1.59 bits per heavy atom. The Morgan fingerprint density at radius 3 is 2.23 bits per heavy atom. The van der Waals surface area contributed by atoms with Crippen molar-refractivity contribution in [3.05, 3.63) is 65.5 Å². The van der Waals surface area contributed by atoms with Crippen molar-refractivity contribution in [3.63, 3.8) is 0 Å². The number of anilines is 1. The van der Waals surface area contributed by atoms with Gasteiger partial charge in [-0.1, -0.05) is 24.3 Å². The van der Waals surface area contributed by atoms with E-state index in [0.29, 0.717) is 5.69 Å². The number of para-hydroxylation sites is 1. The van der Waals surface area contributed by atoms with Crippen molar-refractivity contribution in [2.24, 2.45) is 5.73 Å². The van der Waals surface area contributed by atoms with E-state index >= 15 is 0 Å². The highest BCUT2D eigenvalue weighted by molar-refractivity contribution is 7.80. The molecule has 2 aromatic rings. The normalized spacial score (nSPS) is 9.86. The molecular weight excluding hydrogens is 305 g/mol. The van der Waals surface area contributed by atoms with Crippen LogP contribution < -0.4 is 16.4 Å². The fourth-order valence-electron chi connectivity index (χ4n) is 1.78. The third-order valence-electron chi connectivity index (χ3n) is 2.79. The van der Waals surface area contributed by atoms with Crippen LogP contribution >= 0.6 is 12.2 Å². The lowest BCUT2D eigenvalue weighted by molar-refractivity contribution is 0.0972. The number of rotatable bonds is 3. The molecule has 0 atom stereocenters. The maximum absolute atomic E-state index is 13.5. The van der Waals surface area contributed by atoms with Gasteiger partial charge in [-0.15, -0.1) is 0 Å². The fraction of sp³-hybridized carbons (Fsp3) is 0. The van der Waals surface area contributed by atoms with Gasteiger partial charge in [0, 0.05) is 0 Å². The monoisotopic (exact) mass is 317 g/mol. The number of carbonyl (C=O) groups excluding carboxylic acids is 2. The first-order valence-corrected chi connectivity index (χ1v) is 6.65. The lowest BCUT2D eigenvalue weighted by Crippen LogP contribution is -2.35. The Morgan fingerprint density at radius 1 is 1.00 bits per heavy atom. The zero-order valence-electron chi connectivity index (χ0n) is 11.3. The van der Waals surface area contributed by atoms with Gasteiger partial charge >= 0.3 is 0 Å². The van der Waals surface area contributed by atoms with E-state index in [1.165, 1.54) is 30.3 Å². The third kappa shape index (κ3) is 3.64. The summed E-state index contributed by atoms with van der Waals surface area (Å²) in [5.41, 5.74) is 5.70. The van der Waals surface area contributed by atoms with Crippen LogP contribution in [-0.4, -0.2) is 16.9 Å². The van der Waals surface area contributed by atoms with Crippen molar-refractivity contribution in [1.29, 1.82) is 0 Å². The summed E-state index contributed by atoms with van der Waals surface area (Å²) in [5, 5.41) is 4.96. The molecule has 4 N–H and O–H groups in total. The highest BCUT2D eigenvalue weighted by Crippen LogP contribution is 2.14. The minimum absolute atomic E-state index is 0.0676. The molecule has 112 valence electrons. The molecule has 2 rings (SSSR count). The fourth-order valence-corrected chi connectivity index (χ4v) is 1.98. The van der Waals surface area contributed by atoms with Gasteiger partial charge in [0.05, 0.1) is 16.8 Å². The molecule has 7 heteroatoms. The molecule has 2 aromatic carbocycles. The van der Waals surface area contributed by atoms with Crippen LogP contribution in [0.1, 0.15) is 20.7 Å². The van der Waals surface area contributed by atoms with Crippen molar-refractivity contribution in [2.45, 2.75) is 0 Å². The van der Waals surface area contributed by atoms with Crippen molar-refractivity contribution < 1.29 is 14.0 Å². The second kappa shape index (κ2) is 6.77. The minimum atomic E-state index is -0.688. The van der Waals surface area contributed by atoms with E-state index in [4.69, 9.17) is 18.0 Å². The molecule has 0 bridgehead atoms. The van der Waals surface area contributed by atoms with Gasteiger partial charge in [0.2, 0.25) is 0 Å². The summed E-state index contributed by atoms with van der Waals surface area (Å²) in [5.74, 6) is -1.97. The first-order valence-electron chi connectivity index (χ1n) is 6.24. The minimum Gasteiger partial charge on any atom is -0.366 e. The van der Waals surface area contributed by atoms with Crippen LogP contribution in [0, 0.1) is 5.82 Å². The number of thiocarbonyl (C=S) groups is 1. The van der Waals surface area contributed by atoms with Gasteiger partial charge in [-0.2, -0.15) is 0 Å². The summed E-state index contributed by atoms with van der Waals surface area (Å²) in [4.78, 5) is 23.2. The molecule has 2 amide bonds. The predicted molar refractivity (Wildman–Crippen MR) is 85.0 cm³/mol. The van der Waals surface area contributed by atoms with E-state index in [1.54, 1.807) is 18.2 Å². The molecule has 0 saturated heterocycles. The van der Waals surface area contributed by atoms with Crippen LogP contribution in [0.3, 0.4) is 0 Å². The van der Waals surface area contributed by atoms with Crippen molar-refractivity contribution in [2.75, 3.05) is 5.32 Å². The average Bonchev–Trinajstić information content (AvgIpc) is 2.47. The topological polar surface area (TPSA) is 84.2 Å². The Kier molecular flexibility index (Phi) is 4.80. The van der Waals surface area contributed by atoms with Gasteiger partial charge in [-0.05, 0) is 36.5 Å². The molecule has 0 unspecified atom stereocenters. The van der Waals surface area contributed by atoms with Crippen LogP contribution in [0.5, 0.6) is 0 Å². The number of carbonyl (C=O) groups is 2. The Balaban J connectivity index is 2.10. The molecule has 22 heavy (non-hydrogen) atoms. The molecule has 0 radical (unpaired) electrons. The number of nitrogens with two attached hydrogens (primary N) is 1. The highest BCUT2D eigenvalue weighted by atomic mass is 32.1. The smallest absolute Gasteiger partial charge is 0.260 e. The maximum atomic E-state index is 13.5. The lowest BCUT2D eigenvalue weighted by atomic mass is 10.1. The zero-order chi connectivity index (χ0) is 16.1. The summed E-state index contributed by atoms with van der Waals surface area (Å²) >= 11 is 4.98. The molecule has 0 aromatic heterocycles. The van der Waals surface area contributed by atoms with E-state index < -0.39 is 17.6 Å². The lowest BCUT2D eigenvalue weighted by Gasteiger charge is -2.12. The molecule has 0 heterocycles. The first kappa shape index (κ1) is 15.6. The van der Waals surface area contributed by atoms with Crippen LogP contribution in [0.25, 0.3) is 0 Å². The molecule has 0 saturated carbocycles. The van der Waals surface area contributed by atoms with Gasteiger partial charge in [0.1, 0.15) is 5.82 Å². The summed E-state index contributed by atoms with van der Waals surface area (Å²) in [6, 6.07) is 12.0. The van der Waals surface area contributed by atoms with Crippen LogP contribution in [0.15, 0.2) is 48.5 Å². The second-order valence-corrected chi connectivity index (χ2v) is 4.71. The molecule has 0 aliphatic rings. The van der Waals surface area contributed by atoms with E-state index in [1.807, 2.05) is 0 Å². The largest absolute Gasteiger partial charge is 0.366 e. The van der Waals surface area contributed by atoms with Crippen LogP contribution in [-0.2, 0) is 0 Å². The predicted octanol–water partition coefficient (Wildman–Crippen LogP) is 2.05. The Hall–Kier alpha value is -2.80. The number of nitrogens with one attached hydrogen (secondary N) is 2. The zero-order valence-corrected chi connectivity index (χ0v) is 12.1. The van der Waals surface area contributed by atoms with Gasteiger partial charge in [-0.25, -0.2) is 4.39 Å².